The summed E-state index contributed by atoms with van der Waals surface area (Å²) in [5.41, 5.74) is 0. The molecule has 4 heteroatoms. The summed E-state index contributed by atoms with van der Waals surface area (Å²) in [6.45, 7) is 12.9. The zero-order chi connectivity index (χ0) is 11.0. The van der Waals surface area contributed by atoms with E-state index in [1.165, 1.54) is 0 Å². The van der Waals surface area contributed by atoms with Gasteiger partial charge in [0.25, 0.3) is 0 Å². The van der Waals surface area contributed by atoms with Gasteiger partial charge in [0.05, 0.1) is 0 Å². The van der Waals surface area contributed by atoms with Gasteiger partial charge < -0.3 is 4.48 Å². The normalized spacial score (nSPS) is 20.3. The molecule has 0 N–H and O–H groups in total. The number of allylic oxidation sites excluding steroid dienone is 1. The maximum absolute atomic E-state index is 6.38. The largest absolute Gasteiger partial charge is 0.347 e. The first-order valence-electron chi connectivity index (χ1n) is 5.32. The number of hydrogen-bond acceptors (Lipinski definition) is 1. The van der Waals surface area contributed by atoms with Gasteiger partial charge in [0.1, 0.15) is 8.24 Å². The Morgan fingerprint density at radius 3 is 2.29 bits per heavy atom. The quantitative estimate of drug-likeness (QED) is 0.491. The summed E-state index contributed by atoms with van der Waals surface area (Å²) in [6, 6.07) is 0. The van der Waals surface area contributed by atoms with E-state index in [2.05, 4.69) is 50.5 Å². The Labute approximate surface area is 94.6 Å². The van der Waals surface area contributed by atoms with Crippen molar-refractivity contribution >= 4 is 26.0 Å². The Kier molecular flexibility index (Phi) is 3.55. The summed E-state index contributed by atoms with van der Waals surface area (Å²) >= 11 is 6.38. The Morgan fingerprint density at radius 1 is 1.29 bits per heavy atom. The van der Waals surface area contributed by atoms with Crippen LogP contribution in [0, 0.1) is 0 Å². The second kappa shape index (κ2) is 4.03. The topological polar surface area (TPSA) is 3.24 Å². The van der Waals surface area contributed by atoms with E-state index in [1.807, 2.05) is 0 Å². The molecule has 1 nitrogen and oxygen atoms in total. The lowest BCUT2D eigenvalue weighted by Crippen LogP contribution is -2.60. The lowest BCUT2D eigenvalue weighted by molar-refractivity contribution is 0.599. The van der Waals surface area contributed by atoms with Crippen molar-refractivity contribution in [2.75, 3.05) is 6.54 Å². The standard InChI is InChI=1S/C10H21BClNSi/c1-10(2,3)14(4,5)13-9-7-6-8-11(13)12/h6-7H,8-9H2,1-5H3. The van der Waals surface area contributed by atoms with Crippen molar-refractivity contribution in [3.63, 3.8) is 0 Å². The number of nitrogens with zero attached hydrogens (tertiary/aromatic N) is 1. The lowest BCUT2D eigenvalue weighted by atomic mass is 9.84. The molecule has 0 aliphatic carbocycles. The summed E-state index contributed by atoms with van der Waals surface area (Å²) in [4.78, 5) is 0. The number of halogens is 1. The van der Waals surface area contributed by atoms with E-state index in [4.69, 9.17) is 11.5 Å². The molecule has 14 heavy (non-hydrogen) atoms. The van der Waals surface area contributed by atoms with Crippen LogP contribution in [0.2, 0.25) is 24.5 Å². The Balaban J connectivity index is 2.86. The Hall–Kier alpha value is 0.272. The molecule has 0 atom stereocenters. The van der Waals surface area contributed by atoms with Crippen LogP contribution in [0.25, 0.3) is 0 Å². The van der Waals surface area contributed by atoms with Gasteiger partial charge in [-0.2, -0.15) is 11.5 Å². The van der Waals surface area contributed by atoms with Gasteiger partial charge in [-0.25, -0.2) is 0 Å². The minimum atomic E-state index is -1.42. The van der Waals surface area contributed by atoms with Crippen LogP contribution >= 0.6 is 11.5 Å². The maximum atomic E-state index is 6.38. The van der Waals surface area contributed by atoms with Crippen molar-refractivity contribution in [2.24, 2.45) is 0 Å². The molecule has 0 bridgehead atoms. The van der Waals surface area contributed by atoms with Crippen molar-refractivity contribution in [3.05, 3.63) is 12.2 Å². The predicted molar refractivity (Wildman–Crippen MR) is 69.5 cm³/mol. The molecule has 1 aliphatic rings. The molecule has 0 aromatic rings. The van der Waals surface area contributed by atoms with Gasteiger partial charge >= 0.3 is 6.26 Å². The molecule has 1 rings (SSSR count). The van der Waals surface area contributed by atoms with Gasteiger partial charge in [-0.3, -0.25) is 0 Å². The summed E-state index contributed by atoms with van der Waals surface area (Å²) in [6.07, 6.45) is 5.65. The van der Waals surface area contributed by atoms with E-state index < -0.39 is 8.24 Å². The first-order valence-corrected chi connectivity index (χ1v) is 8.71. The van der Waals surface area contributed by atoms with Crippen LogP contribution < -0.4 is 0 Å². The lowest BCUT2D eigenvalue weighted by Gasteiger charge is -2.48. The van der Waals surface area contributed by atoms with E-state index in [1.54, 1.807) is 0 Å². The first-order chi connectivity index (χ1) is 6.27. The van der Waals surface area contributed by atoms with Crippen molar-refractivity contribution in [1.29, 1.82) is 0 Å². The fourth-order valence-corrected chi connectivity index (χ4v) is 4.79. The molecular weight excluding hydrogens is 208 g/mol. The molecule has 0 fully saturated rings. The van der Waals surface area contributed by atoms with Gasteiger partial charge in [0, 0.05) is 6.54 Å². The Bertz CT molecular complexity index is 235. The summed E-state index contributed by atoms with van der Waals surface area (Å²) in [5, 5.41) is 0.380. The molecule has 0 aromatic carbocycles. The Morgan fingerprint density at radius 2 is 1.86 bits per heavy atom. The van der Waals surface area contributed by atoms with E-state index in [-0.39, 0.29) is 6.26 Å². The summed E-state index contributed by atoms with van der Waals surface area (Å²) in [7, 11) is -1.42. The molecule has 0 unspecified atom stereocenters. The van der Waals surface area contributed by atoms with Gasteiger partial charge in [-0.15, -0.1) is 0 Å². The molecule has 0 saturated carbocycles. The molecule has 0 amide bonds. The van der Waals surface area contributed by atoms with Crippen LogP contribution in [0.5, 0.6) is 0 Å². The fourth-order valence-electron chi connectivity index (χ4n) is 1.65. The van der Waals surface area contributed by atoms with Gasteiger partial charge in [0.15, 0.2) is 0 Å². The van der Waals surface area contributed by atoms with E-state index >= 15 is 0 Å². The number of rotatable bonds is 1. The van der Waals surface area contributed by atoms with E-state index in [9.17, 15) is 0 Å². The summed E-state index contributed by atoms with van der Waals surface area (Å²) < 4.78 is 2.52. The average Bonchev–Trinajstić information content (AvgIpc) is 2.02. The zero-order valence-corrected chi connectivity index (χ0v) is 11.7. The molecule has 1 aliphatic heterocycles. The van der Waals surface area contributed by atoms with Crippen LogP contribution in [0.4, 0.5) is 0 Å². The highest BCUT2D eigenvalue weighted by Gasteiger charge is 2.44. The molecular formula is C10H21BClNSi. The zero-order valence-electron chi connectivity index (χ0n) is 9.97. The van der Waals surface area contributed by atoms with Crippen molar-refractivity contribution in [1.82, 2.24) is 4.48 Å². The second-order valence-corrected chi connectivity index (χ2v) is 11.3. The van der Waals surface area contributed by atoms with Crippen LogP contribution in [0.1, 0.15) is 20.8 Å². The fraction of sp³-hybridized carbons (Fsp3) is 0.800. The monoisotopic (exact) mass is 229 g/mol. The van der Waals surface area contributed by atoms with E-state index in [0.717, 1.165) is 12.9 Å². The highest BCUT2D eigenvalue weighted by atomic mass is 35.5. The van der Waals surface area contributed by atoms with Crippen LogP contribution in [-0.4, -0.2) is 25.5 Å². The smallest absolute Gasteiger partial charge is 0.328 e. The van der Waals surface area contributed by atoms with Gasteiger partial charge in [-0.1, -0.05) is 46.0 Å². The third kappa shape index (κ3) is 2.26. The predicted octanol–water partition coefficient (Wildman–Crippen LogP) is 3.59. The van der Waals surface area contributed by atoms with Crippen molar-refractivity contribution in [2.45, 2.75) is 45.2 Å². The van der Waals surface area contributed by atoms with Gasteiger partial charge in [0.2, 0.25) is 0 Å². The minimum absolute atomic E-state index is 0.209. The van der Waals surface area contributed by atoms with Crippen LogP contribution in [0.15, 0.2) is 12.2 Å². The van der Waals surface area contributed by atoms with Crippen LogP contribution in [0.3, 0.4) is 0 Å². The van der Waals surface area contributed by atoms with Gasteiger partial charge in [-0.05, 0) is 11.4 Å². The van der Waals surface area contributed by atoms with Crippen LogP contribution in [-0.2, 0) is 0 Å². The molecule has 0 saturated heterocycles. The first kappa shape index (κ1) is 12.3. The highest BCUT2D eigenvalue weighted by molar-refractivity contribution is 7.10. The number of hydrogen-bond donors (Lipinski definition) is 0. The molecule has 80 valence electrons. The third-order valence-electron chi connectivity index (χ3n) is 3.69. The average molecular weight is 230 g/mol. The minimum Gasteiger partial charge on any atom is -0.347 e. The SMILES string of the molecule is CC(C)(C)[Si](C)(C)N1CC=CCB1Cl. The maximum Gasteiger partial charge on any atom is 0.328 e. The highest BCUT2D eigenvalue weighted by Crippen LogP contribution is 2.40. The third-order valence-corrected chi connectivity index (χ3v) is 9.87. The van der Waals surface area contributed by atoms with Crippen molar-refractivity contribution < 1.29 is 0 Å². The molecule has 0 aromatic heterocycles. The summed E-state index contributed by atoms with van der Waals surface area (Å²) in [5.74, 6) is 0. The second-order valence-electron chi connectivity index (χ2n) is 5.60. The van der Waals surface area contributed by atoms with E-state index in [0.29, 0.717) is 5.04 Å². The molecule has 1 heterocycles. The molecule has 0 radical (unpaired) electrons. The van der Waals surface area contributed by atoms with Crippen molar-refractivity contribution in [3.8, 4) is 0 Å². The molecule has 0 spiro atoms.